The Bertz CT molecular complexity index is 712. The van der Waals surface area contributed by atoms with E-state index in [-0.39, 0.29) is 6.54 Å². The smallest absolute Gasteiger partial charge is 0.305 e. The molecule has 1 heterocycles. The third-order valence-corrected chi connectivity index (χ3v) is 2.71. The van der Waals surface area contributed by atoms with Crippen molar-refractivity contribution in [3.63, 3.8) is 0 Å². The molecule has 0 unspecified atom stereocenters. The Labute approximate surface area is 117 Å². The summed E-state index contributed by atoms with van der Waals surface area (Å²) in [6.45, 7) is 1.61. The highest BCUT2D eigenvalue weighted by atomic mass is 19.1. The molecule has 2 aromatic rings. The lowest BCUT2D eigenvalue weighted by Crippen LogP contribution is -2.25. The summed E-state index contributed by atoms with van der Waals surface area (Å²) in [5, 5.41) is 12.8. The van der Waals surface area contributed by atoms with E-state index in [0.717, 1.165) is 0 Å². The number of benzene rings is 1. The van der Waals surface area contributed by atoms with Gasteiger partial charge in [0.2, 0.25) is 5.82 Å². The number of hydrogen-bond donors (Lipinski definition) is 1. The molecule has 1 N–H and O–H groups in total. The van der Waals surface area contributed by atoms with Crippen molar-refractivity contribution < 1.29 is 22.9 Å². The maximum Gasteiger partial charge on any atom is 0.305 e. The Hall–Kier alpha value is -2.77. The first-order valence-corrected chi connectivity index (χ1v) is 5.86. The predicted molar refractivity (Wildman–Crippen MR) is 67.6 cm³/mol. The van der Waals surface area contributed by atoms with Gasteiger partial charge in [0.15, 0.2) is 0 Å². The summed E-state index contributed by atoms with van der Waals surface area (Å²) in [4.78, 5) is 21.3. The van der Waals surface area contributed by atoms with Crippen molar-refractivity contribution in [2.75, 3.05) is 0 Å². The molecule has 0 bridgehead atoms. The summed E-state index contributed by atoms with van der Waals surface area (Å²) >= 11 is 0. The number of nitrogens with one attached hydrogen (secondary N) is 1. The Morgan fingerprint density at radius 3 is 2.62 bits per heavy atom. The summed E-state index contributed by atoms with van der Waals surface area (Å²) in [7, 11) is 0. The molecule has 1 amide bonds. The molecule has 2 rings (SSSR count). The molecule has 0 aliphatic heterocycles. The van der Waals surface area contributed by atoms with E-state index in [0.29, 0.717) is 23.7 Å². The van der Waals surface area contributed by atoms with Crippen molar-refractivity contribution >= 4 is 11.6 Å². The number of aryl methyl sites for hydroxylation is 1. The maximum atomic E-state index is 13.8. The van der Waals surface area contributed by atoms with Crippen LogP contribution in [0.4, 0.5) is 14.5 Å². The van der Waals surface area contributed by atoms with Gasteiger partial charge in [-0.25, -0.2) is 4.39 Å². The van der Waals surface area contributed by atoms with Crippen LogP contribution in [0, 0.1) is 28.7 Å². The highest BCUT2D eigenvalue weighted by molar-refractivity contribution is 5.95. The SMILES string of the molecule is Cc1ccc(CNC(=O)c2c(F)ccc([N+](=O)[O-])c2F)o1. The van der Waals surface area contributed by atoms with Crippen molar-refractivity contribution in [2.45, 2.75) is 13.5 Å². The van der Waals surface area contributed by atoms with Crippen molar-refractivity contribution in [1.29, 1.82) is 0 Å². The van der Waals surface area contributed by atoms with Gasteiger partial charge in [-0.3, -0.25) is 14.9 Å². The number of hydrogen-bond acceptors (Lipinski definition) is 4. The minimum atomic E-state index is -1.51. The van der Waals surface area contributed by atoms with Crippen LogP contribution in [-0.2, 0) is 6.54 Å². The van der Waals surface area contributed by atoms with Crippen LogP contribution in [0.1, 0.15) is 21.9 Å². The maximum absolute atomic E-state index is 13.8. The van der Waals surface area contributed by atoms with E-state index in [2.05, 4.69) is 5.32 Å². The Morgan fingerprint density at radius 1 is 1.33 bits per heavy atom. The third-order valence-electron chi connectivity index (χ3n) is 2.71. The molecule has 0 aliphatic carbocycles. The van der Waals surface area contributed by atoms with Gasteiger partial charge in [0.05, 0.1) is 11.5 Å². The minimum Gasteiger partial charge on any atom is -0.465 e. The molecule has 0 radical (unpaired) electrons. The Morgan fingerprint density at radius 2 is 2.05 bits per heavy atom. The average molecular weight is 296 g/mol. The number of nitro benzene ring substituents is 1. The van der Waals surface area contributed by atoms with Crippen LogP contribution >= 0.6 is 0 Å². The van der Waals surface area contributed by atoms with Crippen LogP contribution < -0.4 is 5.32 Å². The lowest BCUT2D eigenvalue weighted by molar-refractivity contribution is -0.387. The number of nitro groups is 1. The zero-order chi connectivity index (χ0) is 15.6. The predicted octanol–water partition coefficient (Wildman–Crippen LogP) is 2.70. The van der Waals surface area contributed by atoms with Crippen molar-refractivity contribution in [3.05, 3.63) is 63.1 Å². The molecule has 1 aromatic heterocycles. The first kappa shape index (κ1) is 14.6. The summed E-state index contributed by atoms with van der Waals surface area (Å²) in [6.07, 6.45) is 0. The second kappa shape index (κ2) is 5.70. The summed E-state index contributed by atoms with van der Waals surface area (Å²) in [5.74, 6) is -2.76. The molecule has 6 nitrogen and oxygen atoms in total. The van der Waals surface area contributed by atoms with Gasteiger partial charge in [0.1, 0.15) is 22.9 Å². The van der Waals surface area contributed by atoms with Gasteiger partial charge >= 0.3 is 5.69 Å². The first-order valence-electron chi connectivity index (χ1n) is 5.86. The number of amides is 1. The molecular weight excluding hydrogens is 286 g/mol. The van der Waals surface area contributed by atoms with E-state index in [9.17, 15) is 23.7 Å². The summed E-state index contributed by atoms with van der Waals surface area (Å²) < 4.78 is 32.5. The van der Waals surface area contributed by atoms with E-state index in [4.69, 9.17) is 4.42 Å². The van der Waals surface area contributed by atoms with E-state index in [1.807, 2.05) is 0 Å². The van der Waals surface area contributed by atoms with Gasteiger partial charge in [0.25, 0.3) is 5.91 Å². The number of rotatable bonds is 4. The quantitative estimate of drug-likeness (QED) is 0.694. The van der Waals surface area contributed by atoms with Crippen LogP contribution in [0.25, 0.3) is 0 Å². The van der Waals surface area contributed by atoms with Gasteiger partial charge in [-0.15, -0.1) is 0 Å². The topological polar surface area (TPSA) is 85.4 Å². The van der Waals surface area contributed by atoms with Gasteiger partial charge in [-0.2, -0.15) is 4.39 Å². The fraction of sp³-hybridized carbons (Fsp3) is 0.154. The van der Waals surface area contributed by atoms with E-state index in [1.54, 1.807) is 19.1 Å². The Kier molecular flexibility index (Phi) is 3.97. The second-order valence-electron chi connectivity index (χ2n) is 4.21. The van der Waals surface area contributed by atoms with Crippen LogP contribution in [0.15, 0.2) is 28.7 Å². The van der Waals surface area contributed by atoms with Crippen molar-refractivity contribution in [1.82, 2.24) is 5.32 Å². The molecule has 0 spiro atoms. The molecule has 0 atom stereocenters. The van der Waals surface area contributed by atoms with Crippen LogP contribution in [0.5, 0.6) is 0 Å². The molecule has 0 aliphatic rings. The normalized spacial score (nSPS) is 10.4. The van der Waals surface area contributed by atoms with Gasteiger partial charge < -0.3 is 9.73 Å². The number of furan rings is 1. The van der Waals surface area contributed by atoms with Crippen LogP contribution in [0.2, 0.25) is 0 Å². The van der Waals surface area contributed by atoms with Crippen molar-refractivity contribution in [3.8, 4) is 0 Å². The van der Waals surface area contributed by atoms with E-state index >= 15 is 0 Å². The molecule has 0 saturated heterocycles. The molecule has 0 fully saturated rings. The molecule has 8 heteroatoms. The fourth-order valence-corrected chi connectivity index (χ4v) is 1.73. The fourth-order valence-electron chi connectivity index (χ4n) is 1.73. The molecule has 110 valence electrons. The number of nitrogens with zero attached hydrogens (tertiary/aromatic N) is 1. The molecule has 1 aromatic carbocycles. The lowest BCUT2D eigenvalue weighted by Gasteiger charge is -2.06. The van der Waals surface area contributed by atoms with E-state index in [1.165, 1.54) is 0 Å². The highest BCUT2D eigenvalue weighted by Crippen LogP contribution is 2.23. The Balaban J connectivity index is 2.22. The monoisotopic (exact) mass is 296 g/mol. The zero-order valence-electron chi connectivity index (χ0n) is 10.9. The summed E-state index contributed by atoms with van der Waals surface area (Å²) in [6, 6.07) is 4.59. The molecule has 0 saturated carbocycles. The number of carbonyl (C=O) groups is 1. The lowest BCUT2D eigenvalue weighted by atomic mass is 10.1. The van der Waals surface area contributed by atoms with Gasteiger partial charge in [-0.05, 0) is 25.1 Å². The first-order chi connectivity index (χ1) is 9.90. The molecular formula is C13H10F2N2O4. The van der Waals surface area contributed by atoms with Gasteiger partial charge in [-0.1, -0.05) is 0 Å². The molecule has 21 heavy (non-hydrogen) atoms. The highest BCUT2D eigenvalue weighted by Gasteiger charge is 2.26. The largest absolute Gasteiger partial charge is 0.465 e. The van der Waals surface area contributed by atoms with Crippen LogP contribution in [0.3, 0.4) is 0 Å². The average Bonchev–Trinajstić information content (AvgIpc) is 2.82. The van der Waals surface area contributed by atoms with Crippen LogP contribution in [-0.4, -0.2) is 10.8 Å². The summed E-state index contributed by atoms with van der Waals surface area (Å²) in [5.41, 5.74) is -1.96. The number of halogens is 2. The van der Waals surface area contributed by atoms with Gasteiger partial charge in [0, 0.05) is 6.07 Å². The van der Waals surface area contributed by atoms with E-state index < -0.39 is 33.7 Å². The van der Waals surface area contributed by atoms with Crippen molar-refractivity contribution in [2.24, 2.45) is 0 Å². The minimum absolute atomic E-state index is 0.0890. The standard InChI is InChI=1S/C13H10F2N2O4/c1-7-2-3-8(21-7)6-16-13(18)11-9(14)4-5-10(12(11)15)17(19)20/h2-5H,6H2,1H3,(H,16,18). The second-order valence-corrected chi connectivity index (χ2v) is 4.21. The zero-order valence-corrected chi connectivity index (χ0v) is 10.9. The number of carbonyl (C=O) groups excluding carboxylic acids is 1. The third kappa shape index (κ3) is 3.04.